The summed E-state index contributed by atoms with van der Waals surface area (Å²) in [5.41, 5.74) is 3.09. The summed E-state index contributed by atoms with van der Waals surface area (Å²) >= 11 is 0. The summed E-state index contributed by atoms with van der Waals surface area (Å²) in [4.78, 5) is 29.6. The number of hydrogen-bond acceptors (Lipinski definition) is 3. The second-order valence-electron chi connectivity index (χ2n) is 8.24. The van der Waals surface area contributed by atoms with E-state index < -0.39 is 5.97 Å². The summed E-state index contributed by atoms with van der Waals surface area (Å²) in [6, 6.07) is 15.3. The molecule has 7 heteroatoms. The highest BCUT2D eigenvalue weighted by molar-refractivity contribution is 5.86. The molecule has 0 bridgehead atoms. The van der Waals surface area contributed by atoms with Gasteiger partial charge in [0.05, 0.1) is 5.69 Å². The molecule has 6 nitrogen and oxygen atoms in total. The number of nitrogens with one attached hydrogen (secondary N) is 1. The predicted octanol–water partition coefficient (Wildman–Crippen LogP) is 5.24. The van der Waals surface area contributed by atoms with Crippen LogP contribution in [0.1, 0.15) is 54.1 Å². The molecule has 32 heavy (non-hydrogen) atoms. The molecule has 5 rings (SSSR count). The number of H-pyrrole nitrogens is 1. The molecule has 0 saturated heterocycles. The minimum Gasteiger partial charge on any atom is -0.477 e. The lowest BCUT2D eigenvalue weighted by atomic mass is 9.82. The van der Waals surface area contributed by atoms with Crippen LogP contribution >= 0.6 is 0 Å². The van der Waals surface area contributed by atoms with E-state index in [4.69, 9.17) is 4.98 Å². The molecule has 2 aromatic heterocycles. The van der Waals surface area contributed by atoms with Gasteiger partial charge in [-0.1, -0.05) is 61.7 Å². The van der Waals surface area contributed by atoms with Crippen molar-refractivity contribution in [3.63, 3.8) is 0 Å². The molecule has 2 aromatic carbocycles. The van der Waals surface area contributed by atoms with Crippen LogP contribution in [0.2, 0.25) is 0 Å². The van der Waals surface area contributed by atoms with Crippen molar-refractivity contribution in [2.45, 2.75) is 38.0 Å². The number of rotatable bonds is 4. The lowest BCUT2D eigenvalue weighted by Gasteiger charge is -2.23. The van der Waals surface area contributed by atoms with Gasteiger partial charge in [0.15, 0.2) is 5.65 Å². The lowest BCUT2D eigenvalue weighted by Crippen LogP contribution is -2.25. The number of halogens is 1. The maximum atomic E-state index is 14.2. The Morgan fingerprint density at radius 1 is 1.03 bits per heavy atom. The van der Waals surface area contributed by atoms with Gasteiger partial charge in [0, 0.05) is 22.8 Å². The third-order valence-electron chi connectivity index (χ3n) is 6.24. The molecule has 1 aliphatic rings. The third-order valence-corrected chi connectivity index (χ3v) is 6.24. The van der Waals surface area contributed by atoms with Gasteiger partial charge in [-0.2, -0.15) is 0 Å². The Bertz CT molecular complexity index is 1370. The Kier molecular flexibility index (Phi) is 5.09. The van der Waals surface area contributed by atoms with E-state index in [1.807, 2.05) is 24.3 Å². The van der Waals surface area contributed by atoms with Crippen molar-refractivity contribution in [3.05, 3.63) is 82.0 Å². The van der Waals surface area contributed by atoms with Crippen molar-refractivity contribution in [3.8, 4) is 22.4 Å². The highest BCUT2D eigenvalue weighted by atomic mass is 19.1. The zero-order valence-corrected chi connectivity index (χ0v) is 17.3. The normalized spacial score (nSPS) is 14.7. The number of fused-ring (bicyclic) bond motifs is 1. The highest BCUT2D eigenvalue weighted by Gasteiger charge is 2.26. The summed E-state index contributed by atoms with van der Waals surface area (Å²) in [7, 11) is 0. The standard InChI is InChI=1S/C25H22FN3O3/c26-19-9-5-4-8-18(19)15-10-12-17(13-11-15)23-22(16-6-2-1-3-7-16)24(30)29-21(27-23)14-20(28-29)25(31)32/h4-5,8-14,16,28H,1-3,6-7H2,(H,31,32). The Balaban J connectivity index is 1.67. The van der Waals surface area contributed by atoms with Gasteiger partial charge in [-0.25, -0.2) is 18.7 Å². The van der Waals surface area contributed by atoms with Crippen LogP contribution in [-0.2, 0) is 0 Å². The molecule has 2 N–H and O–H groups in total. The Morgan fingerprint density at radius 3 is 2.41 bits per heavy atom. The van der Waals surface area contributed by atoms with Gasteiger partial charge in [-0.15, -0.1) is 0 Å². The van der Waals surface area contributed by atoms with Crippen LogP contribution < -0.4 is 5.56 Å². The second kappa shape index (κ2) is 8.07. The average molecular weight is 431 g/mol. The number of carboxylic acid groups (broad SMARTS) is 1. The molecular formula is C25H22FN3O3. The Labute approximate surface area is 183 Å². The first kappa shape index (κ1) is 20.2. The molecule has 0 spiro atoms. The van der Waals surface area contributed by atoms with E-state index in [0.717, 1.165) is 43.2 Å². The molecular weight excluding hydrogens is 409 g/mol. The SMILES string of the molecule is O=C(O)c1cc2nc(-c3ccc(-c4ccccc4F)cc3)c(C3CCCCC3)c(=O)n2[nH]1. The van der Waals surface area contributed by atoms with Crippen LogP contribution in [0.3, 0.4) is 0 Å². The number of benzene rings is 2. The lowest BCUT2D eigenvalue weighted by molar-refractivity contribution is 0.0690. The van der Waals surface area contributed by atoms with Crippen LogP contribution in [0, 0.1) is 5.82 Å². The van der Waals surface area contributed by atoms with Gasteiger partial charge in [-0.05, 0) is 30.4 Å². The van der Waals surface area contributed by atoms with E-state index in [9.17, 15) is 19.1 Å². The van der Waals surface area contributed by atoms with Gasteiger partial charge in [0.2, 0.25) is 0 Å². The van der Waals surface area contributed by atoms with Gasteiger partial charge < -0.3 is 5.11 Å². The molecule has 1 fully saturated rings. The first-order valence-corrected chi connectivity index (χ1v) is 10.8. The Morgan fingerprint density at radius 2 is 1.72 bits per heavy atom. The Hall–Kier alpha value is -3.74. The minimum absolute atomic E-state index is 0.0680. The topological polar surface area (TPSA) is 87.5 Å². The highest BCUT2D eigenvalue weighted by Crippen LogP contribution is 2.36. The first-order valence-electron chi connectivity index (χ1n) is 10.8. The zero-order chi connectivity index (χ0) is 22.2. The van der Waals surface area contributed by atoms with Crippen LogP contribution in [0.5, 0.6) is 0 Å². The predicted molar refractivity (Wildman–Crippen MR) is 119 cm³/mol. The summed E-state index contributed by atoms with van der Waals surface area (Å²) in [6.07, 6.45) is 5.03. The van der Waals surface area contributed by atoms with Gasteiger partial charge in [0.25, 0.3) is 5.56 Å². The number of carboxylic acids is 1. The van der Waals surface area contributed by atoms with Crippen molar-refractivity contribution in [2.75, 3.05) is 0 Å². The van der Waals surface area contributed by atoms with Crippen molar-refractivity contribution in [2.24, 2.45) is 0 Å². The maximum Gasteiger partial charge on any atom is 0.353 e. The smallest absolute Gasteiger partial charge is 0.353 e. The van der Waals surface area contributed by atoms with Gasteiger partial charge >= 0.3 is 5.97 Å². The molecule has 0 radical (unpaired) electrons. The fourth-order valence-corrected chi connectivity index (χ4v) is 4.63. The number of nitrogens with zero attached hydrogens (tertiary/aromatic N) is 2. The van der Waals surface area contributed by atoms with E-state index in [1.165, 1.54) is 16.6 Å². The van der Waals surface area contributed by atoms with Crippen molar-refractivity contribution in [1.29, 1.82) is 0 Å². The molecule has 2 heterocycles. The minimum atomic E-state index is -1.15. The van der Waals surface area contributed by atoms with Crippen LogP contribution in [0.15, 0.2) is 59.4 Å². The average Bonchev–Trinajstić information content (AvgIpc) is 3.25. The molecule has 0 unspecified atom stereocenters. The van der Waals surface area contributed by atoms with E-state index in [2.05, 4.69) is 5.10 Å². The maximum absolute atomic E-state index is 14.2. The largest absolute Gasteiger partial charge is 0.477 e. The van der Waals surface area contributed by atoms with Crippen molar-refractivity contribution in [1.82, 2.24) is 14.6 Å². The third kappa shape index (κ3) is 3.49. The molecule has 1 aliphatic carbocycles. The fraction of sp³-hybridized carbons (Fsp3) is 0.240. The molecule has 0 aliphatic heterocycles. The number of hydrogen-bond donors (Lipinski definition) is 2. The zero-order valence-electron chi connectivity index (χ0n) is 17.3. The molecule has 1 saturated carbocycles. The summed E-state index contributed by atoms with van der Waals surface area (Å²) in [5.74, 6) is -1.38. The van der Waals surface area contributed by atoms with E-state index in [0.29, 0.717) is 16.8 Å². The molecule has 0 amide bonds. The van der Waals surface area contributed by atoms with E-state index in [1.54, 1.807) is 18.2 Å². The first-order chi connectivity index (χ1) is 15.5. The van der Waals surface area contributed by atoms with E-state index >= 15 is 0 Å². The second-order valence-corrected chi connectivity index (χ2v) is 8.24. The number of carbonyl (C=O) groups is 1. The van der Waals surface area contributed by atoms with Crippen molar-refractivity contribution < 1.29 is 14.3 Å². The van der Waals surface area contributed by atoms with Crippen molar-refractivity contribution >= 4 is 11.6 Å². The van der Waals surface area contributed by atoms with E-state index in [-0.39, 0.29) is 28.6 Å². The summed E-state index contributed by atoms with van der Waals surface area (Å²) < 4.78 is 15.4. The quantitative estimate of drug-likeness (QED) is 0.462. The number of aromatic nitrogens is 3. The van der Waals surface area contributed by atoms with Crippen LogP contribution in [0.25, 0.3) is 28.0 Å². The number of aromatic amines is 1. The summed E-state index contributed by atoms with van der Waals surface area (Å²) in [5, 5.41) is 12.0. The van der Waals surface area contributed by atoms with Crippen LogP contribution in [-0.4, -0.2) is 25.7 Å². The molecule has 0 atom stereocenters. The van der Waals surface area contributed by atoms with Gasteiger partial charge in [0.1, 0.15) is 11.5 Å². The monoisotopic (exact) mass is 431 g/mol. The summed E-state index contributed by atoms with van der Waals surface area (Å²) in [6.45, 7) is 0. The molecule has 162 valence electrons. The number of aromatic carboxylic acids is 1. The fourth-order valence-electron chi connectivity index (χ4n) is 4.63. The molecule has 4 aromatic rings. The van der Waals surface area contributed by atoms with Crippen LogP contribution in [0.4, 0.5) is 4.39 Å². The van der Waals surface area contributed by atoms with Gasteiger partial charge in [-0.3, -0.25) is 9.89 Å².